The van der Waals surface area contributed by atoms with Crippen molar-refractivity contribution in [2.45, 2.75) is 19.8 Å². The molecule has 0 atom stereocenters. The van der Waals surface area contributed by atoms with Gasteiger partial charge in [-0.1, -0.05) is 25.4 Å². The fraction of sp³-hybridized carbons (Fsp3) is 0.429. The molecule has 0 unspecified atom stereocenters. The van der Waals surface area contributed by atoms with Crippen LogP contribution in [0.15, 0.2) is 6.20 Å². The number of rotatable bonds is 2. The average Bonchev–Trinajstić information content (AvgIpc) is 2.03. The molecule has 0 saturated carbocycles. The molecular weight excluding hydrogens is 194 g/mol. The molecule has 0 aliphatic heterocycles. The Bertz CT molecular complexity index is 341. The molecule has 1 heterocycles. The monoisotopic (exact) mass is 201 g/mol. The summed E-state index contributed by atoms with van der Waals surface area (Å²) >= 11 is 5.58. The minimum Gasteiger partial charge on any atom is -0.258 e. The Hall–Kier alpha value is -1.23. The number of nitrogens with zero attached hydrogens (tertiary/aromatic N) is 3. The third-order valence-electron chi connectivity index (χ3n) is 1.46. The Morgan fingerprint density at radius 1 is 1.62 bits per heavy atom. The van der Waals surface area contributed by atoms with Crippen LogP contribution in [0.5, 0.6) is 0 Å². The van der Waals surface area contributed by atoms with Gasteiger partial charge in [-0.2, -0.15) is 0 Å². The van der Waals surface area contributed by atoms with E-state index >= 15 is 0 Å². The standard InChI is InChI=1S/C7H8ClN3O2/c1-4(2)7-9-3-5(11(12)13)6(8)10-7/h3-4H,1-2H3. The van der Waals surface area contributed by atoms with Crippen molar-refractivity contribution in [1.82, 2.24) is 9.97 Å². The molecule has 0 bridgehead atoms. The number of halogens is 1. The van der Waals surface area contributed by atoms with Gasteiger partial charge in [0.15, 0.2) is 0 Å². The summed E-state index contributed by atoms with van der Waals surface area (Å²) in [7, 11) is 0. The highest BCUT2D eigenvalue weighted by atomic mass is 35.5. The Kier molecular flexibility index (Phi) is 2.77. The van der Waals surface area contributed by atoms with Crippen LogP contribution in [0.3, 0.4) is 0 Å². The van der Waals surface area contributed by atoms with Gasteiger partial charge in [-0.3, -0.25) is 10.1 Å². The predicted octanol–water partition coefficient (Wildman–Crippen LogP) is 2.16. The van der Waals surface area contributed by atoms with Gasteiger partial charge in [-0.05, 0) is 0 Å². The Balaban J connectivity index is 3.13. The molecule has 0 amide bonds. The molecule has 0 aliphatic carbocycles. The van der Waals surface area contributed by atoms with Crippen LogP contribution in [0, 0.1) is 10.1 Å². The Morgan fingerprint density at radius 2 is 2.23 bits per heavy atom. The lowest BCUT2D eigenvalue weighted by Gasteiger charge is -2.02. The fourth-order valence-electron chi connectivity index (χ4n) is 0.768. The van der Waals surface area contributed by atoms with Gasteiger partial charge >= 0.3 is 5.69 Å². The summed E-state index contributed by atoms with van der Waals surface area (Å²) in [6.45, 7) is 3.77. The fourth-order valence-corrected chi connectivity index (χ4v) is 0.972. The molecule has 5 nitrogen and oxygen atoms in total. The third-order valence-corrected chi connectivity index (χ3v) is 1.73. The van der Waals surface area contributed by atoms with E-state index in [2.05, 4.69) is 9.97 Å². The molecule has 0 N–H and O–H groups in total. The molecule has 0 spiro atoms. The number of hydrogen-bond acceptors (Lipinski definition) is 4. The van der Waals surface area contributed by atoms with E-state index in [0.717, 1.165) is 6.20 Å². The summed E-state index contributed by atoms with van der Waals surface area (Å²) in [5, 5.41) is 10.2. The van der Waals surface area contributed by atoms with E-state index in [1.54, 1.807) is 0 Å². The molecule has 0 radical (unpaired) electrons. The first kappa shape index (κ1) is 9.85. The highest BCUT2D eigenvalue weighted by Gasteiger charge is 2.15. The number of aromatic nitrogens is 2. The second-order valence-corrected chi connectivity index (χ2v) is 3.17. The lowest BCUT2D eigenvalue weighted by molar-refractivity contribution is -0.385. The number of nitro groups is 1. The van der Waals surface area contributed by atoms with Gasteiger partial charge in [-0.25, -0.2) is 9.97 Å². The minimum absolute atomic E-state index is 0.108. The third kappa shape index (κ3) is 2.12. The van der Waals surface area contributed by atoms with Crippen LogP contribution in [0.25, 0.3) is 0 Å². The van der Waals surface area contributed by atoms with Gasteiger partial charge < -0.3 is 0 Å². The molecule has 1 aromatic rings. The average molecular weight is 202 g/mol. The molecule has 0 aliphatic rings. The van der Waals surface area contributed by atoms with E-state index in [9.17, 15) is 10.1 Å². The maximum absolute atomic E-state index is 10.3. The minimum atomic E-state index is -0.605. The number of hydrogen-bond donors (Lipinski definition) is 0. The summed E-state index contributed by atoms with van der Waals surface area (Å²) in [6.07, 6.45) is 1.13. The van der Waals surface area contributed by atoms with Gasteiger partial charge in [0.1, 0.15) is 12.0 Å². The van der Waals surface area contributed by atoms with Gasteiger partial charge in [0.05, 0.1) is 4.92 Å². The summed E-state index contributed by atoms with van der Waals surface area (Å²) in [6, 6.07) is 0. The zero-order chi connectivity index (χ0) is 10.0. The van der Waals surface area contributed by atoms with Crippen LogP contribution in [-0.2, 0) is 0 Å². The largest absolute Gasteiger partial charge is 0.324 e. The zero-order valence-electron chi connectivity index (χ0n) is 7.19. The second-order valence-electron chi connectivity index (χ2n) is 2.82. The van der Waals surface area contributed by atoms with Crippen LogP contribution in [0.1, 0.15) is 25.6 Å². The predicted molar refractivity (Wildman–Crippen MR) is 47.8 cm³/mol. The van der Waals surface area contributed by atoms with Crippen LogP contribution >= 0.6 is 11.6 Å². The molecule has 0 saturated heterocycles. The van der Waals surface area contributed by atoms with E-state index in [0.29, 0.717) is 5.82 Å². The van der Waals surface area contributed by atoms with Crippen LogP contribution in [0.2, 0.25) is 5.15 Å². The Labute approximate surface area is 79.9 Å². The van der Waals surface area contributed by atoms with Crippen LogP contribution in [-0.4, -0.2) is 14.9 Å². The van der Waals surface area contributed by atoms with Crippen molar-refractivity contribution in [3.63, 3.8) is 0 Å². The molecule has 70 valence electrons. The molecule has 0 aromatic carbocycles. The van der Waals surface area contributed by atoms with E-state index in [1.165, 1.54) is 0 Å². The first-order valence-corrected chi connectivity index (χ1v) is 4.07. The molecule has 13 heavy (non-hydrogen) atoms. The van der Waals surface area contributed by atoms with E-state index in [1.807, 2.05) is 13.8 Å². The quantitative estimate of drug-likeness (QED) is 0.418. The van der Waals surface area contributed by atoms with Gasteiger partial charge in [0, 0.05) is 5.92 Å². The van der Waals surface area contributed by atoms with Crippen molar-refractivity contribution >= 4 is 17.3 Å². The molecule has 6 heteroatoms. The van der Waals surface area contributed by atoms with Crippen molar-refractivity contribution in [3.8, 4) is 0 Å². The van der Waals surface area contributed by atoms with Gasteiger partial charge in [-0.15, -0.1) is 0 Å². The first-order chi connectivity index (χ1) is 6.02. The van der Waals surface area contributed by atoms with Crippen molar-refractivity contribution in [3.05, 3.63) is 27.3 Å². The summed E-state index contributed by atoms with van der Waals surface area (Å²) < 4.78 is 0. The highest BCUT2D eigenvalue weighted by Crippen LogP contribution is 2.22. The van der Waals surface area contributed by atoms with Crippen LogP contribution in [0.4, 0.5) is 5.69 Å². The van der Waals surface area contributed by atoms with Crippen molar-refractivity contribution < 1.29 is 4.92 Å². The van der Waals surface area contributed by atoms with Gasteiger partial charge in [0.25, 0.3) is 0 Å². The molecular formula is C7H8ClN3O2. The van der Waals surface area contributed by atoms with Gasteiger partial charge in [0.2, 0.25) is 5.15 Å². The SMILES string of the molecule is CC(C)c1ncc([N+](=O)[O-])c(Cl)n1. The normalized spacial score (nSPS) is 10.5. The summed E-state index contributed by atoms with van der Waals surface area (Å²) in [5.41, 5.74) is -0.258. The lowest BCUT2D eigenvalue weighted by atomic mass is 10.2. The smallest absolute Gasteiger partial charge is 0.258 e. The maximum atomic E-state index is 10.3. The molecule has 0 fully saturated rings. The first-order valence-electron chi connectivity index (χ1n) is 3.69. The van der Waals surface area contributed by atoms with Crippen molar-refractivity contribution in [2.75, 3.05) is 0 Å². The summed E-state index contributed by atoms with van der Waals surface area (Å²) in [5.74, 6) is 0.619. The highest BCUT2D eigenvalue weighted by molar-refractivity contribution is 6.31. The maximum Gasteiger partial charge on any atom is 0.324 e. The Morgan fingerprint density at radius 3 is 2.62 bits per heavy atom. The van der Waals surface area contributed by atoms with E-state index in [4.69, 9.17) is 11.6 Å². The lowest BCUT2D eigenvalue weighted by Crippen LogP contribution is -2.00. The summed E-state index contributed by atoms with van der Waals surface area (Å²) in [4.78, 5) is 17.4. The molecule has 1 rings (SSSR count). The van der Waals surface area contributed by atoms with E-state index in [-0.39, 0.29) is 16.8 Å². The van der Waals surface area contributed by atoms with Crippen molar-refractivity contribution in [2.24, 2.45) is 0 Å². The van der Waals surface area contributed by atoms with Crippen molar-refractivity contribution in [1.29, 1.82) is 0 Å². The van der Waals surface area contributed by atoms with Crippen LogP contribution < -0.4 is 0 Å². The topological polar surface area (TPSA) is 68.9 Å². The second kappa shape index (κ2) is 3.66. The zero-order valence-corrected chi connectivity index (χ0v) is 7.95. The molecule has 1 aromatic heterocycles. The van der Waals surface area contributed by atoms with E-state index < -0.39 is 4.92 Å².